The van der Waals surface area contributed by atoms with Crippen LogP contribution in [0.5, 0.6) is 5.75 Å². The van der Waals surface area contributed by atoms with Gasteiger partial charge in [0.15, 0.2) is 0 Å². The number of methoxy groups -OCH3 is 1. The van der Waals surface area contributed by atoms with Crippen LogP contribution in [0.3, 0.4) is 0 Å². The summed E-state index contributed by atoms with van der Waals surface area (Å²) in [6, 6.07) is 8.31. The quantitative estimate of drug-likeness (QED) is 0.606. The van der Waals surface area contributed by atoms with E-state index < -0.39 is 0 Å². The molecule has 0 bridgehead atoms. The van der Waals surface area contributed by atoms with Gasteiger partial charge in [-0.3, -0.25) is 0 Å². The van der Waals surface area contributed by atoms with E-state index >= 15 is 0 Å². The van der Waals surface area contributed by atoms with Crippen LogP contribution in [-0.2, 0) is 0 Å². The molecule has 1 aromatic carbocycles. The summed E-state index contributed by atoms with van der Waals surface area (Å²) in [5.41, 5.74) is 0. The van der Waals surface area contributed by atoms with Gasteiger partial charge in [0.05, 0.1) is 15.9 Å². The van der Waals surface area contributed by atoms with Gasteiger partial charge in [0.2, 0.25) is 0 Å². The molecule has 0 aromatic heterocycles. The lowest BCUT2D eigenvalue weighted by Gasteiger charge is -2.05. The van der Waals surface area contributed by atoms with Crippen molar-refractivity contribution in [2.75, 3.05) is 7.11 Å². The average molecular weight is 165 g/mol. The van der Waals surface area contributed by atoms with E-state index in [1.165, 1.54) is 5.19 Å². The monoisotopic (exact) mass is 165 g/mol. The van der Waals surface area contributed by atoms with Crippen LogP contribution in [0.15, 0.2) is 24.3 Å². The molecule has 1 radical (unpaired) electrons. The van der Waals surface area contributed by atoms with E-state index in [0.717, 1.165) is 5.75 Å². The van der Waals surface area contributed by atoms with Gasteiger partial charge in [-0.25, -0.2) is 0 Å². The fourth-order valence-electron chi connectivity index (χ4n) is 0.934. The van der Waals surface area contributed by atoms with Gasteiger partial charge in [-0.05, 0) is 12.1 Å². The molecule has 0 unspecified atom stereocenters. The highest BCUT2D eigenvalue weighted by Gasteiger charge is 2.00. The Kier molecular flexibility index (Phi) is 2.71. The van der Waals surface area contributed by atoms with E-state index in [2.05, 4.69) is 25.2 Å². The molecule has 0 saturated heterocycles. The normalized spacial score (nSPS) is 10.2. The third-order valence-electron chi connectivity index (χ3n) is 1.65. The molecule has 1 nitrogen and oxygen atoms in total. The van der Waals surface area contributed by atoms with Crippen LogP contribution >= 0.6 is 0 Å². The zero-order valence-corrected chi connectivity index (χ0v) is 8.22. The van der Waals surface area contributed by atoms with E-state index in [1.807, 2.05) is 12.1 Å². The zero-order chi connectivity index (χ0) is 8.27. The second-order valence-corrected chi connectivity index (χ2v) is 5.31. The Morgan fingerprint density at radius 2 is 2.00 bits per heavy atom. The van der Waals surface area contributed by atoms with Gasteiger partial charge in [-0.15, -0.1) is 0 Å². The van der Waals surface area contributed by atoms with E-state index in [1.54, 1.807) is 7.11 Å². The third kappa shape index (κ3) is 2.08. The van der Waals surface area contributed by atoms with Gasteiger partial charge < -0.3 is 4.74 Å². The summed E-state index contributed by atoms with van der Waals surface area (Å²) in [5, 5.41) is 1.43. The average Bonchev–Trinajstić information content (AvgIpc) is 2.05. The van der Waals surface area contributed by atoms with Crippen molar-refractivity contribution >= 4 is 14.0 Å². The summed E-state index contributed by atoms with van der Waals surface area (Å²) in [6.45, 7) is 4.55. The minimum atomic E-state index is -0.324. The predicted octanol–water partition coefficient (Wildman–Crippen LogP) is 1.66. The second-order valence-electron chi connectivity index (χ2n) is 2.73. The van der Waals surface area contributed by atoms with Crippen molar-refractivity contribution in [2.45, 2.75) is 13.1 Å². The minimum Gasteiger partial charge on any atom is -0.497 e. The lowest BCUT2D eigenvalue weighted by atomic mass is 10.3. The van der Waals surface area contributed by atoms with E-state index in [4.69, 9.17) is 4.74 Å². The van der Waals surface area contributed by atoms with Crippen LogP contribution in [0.2, 0.25) is 13.1 Å². The Morgan fingerprint density at radius 3 is 2.55 bits per heavy atom. The van der Waals surface area contributed by atoms with Crippen molar-refractivity contribution in [3.05, 3.63) is 24.3 Å². The van der Waals surface area contributed by atoms with Crippen LogP contribution < -0.4 is 9.92 Å². The van der Waals surface area contributed by atoms with Crippen LogP contribution in [0.1, 0.15) is 0 Å². The summed E-state index contributed by atoms with van der Waals surface area (Å²) in [4.78, 5) is 0. The molecule has 0 aliphatic carbocycles. The van der Waals surface area contributed by atoms with Gasteiger partial charge in [0, 0.05) is 0 Å². The van der Waals surface area contributed by atoms with Crippen molar-refractivity contribution in [1.29, 1.82) is 0 Å². The topological polar surface area (TPSA) is 9.23 Å². The molecule has 0 N–H and O–H groups in total. The van der Waals surface area contributed by atoms with Crippen LogP contribution in [-0.4, -0.2) is 15.9 Å². The summed E-state index contributed by atoms with van der Waals surface area (Å²) < 4.78 is 5.12. The summed E-state index contributed by atoms with van der Waals surface area (Å²) in [6.07, 6.45) is 0. The molecule has 59 valence electrons. The predicted molar refractivity (Wildman–Crippen MR) is 50.1 cm³/mol. The lowest BCUT2D eigenvalue weighted by molar-refractivity contribution is 0.415. The van der Waals surface area contributed by atoms with Gasteiger partial charge in [0.1, 0.15) is 5.75 Å². The van der Waals surface area contributed by atoms with Crippen LogP contribution in [0.4, 0.5) is 0 Å². The number of hydrogen-bond donors (Lipinski definition) is 0. The molecule has 0 saturated carbocycles. The molecule has 2 heteroatoms. The molecule has 1 rings (SSSR count). The molecule has 0 fully saturated rings. The molecule has 0 atom stereocenters. The third-order valence-corrected chi connectivity index (χ3v) is 3.11. The molecule has 0 spiro atoms. The fraction of sp³-hybridized carbons (Fsp3) is 0.333. The van der Waals surface area contributed by atoms with Crippen molar-refractivity contribution < 1.29 is 4.74 Å². The van der Waals surface area contributed by atoms with Crippen molar-refractivity contribution in [2.24, 2.45) is 0 Å². The van der Waals surface area contributed by atoms with E-state index in [9.17, 15) is 0 Å². The van der Waals surface area contributed by atoms with Crippen LogP contribution in [0.25, 0.3) is 0 Å². The largest absolute Gasteiger partial charge is 0.497 e. The SMILES string of the molecule is COc1cccc([Si](C)C)c1. The Hall–Kier alpha value is -0.763. The lowest BCUT2D eigenvalue weighted by Crippen LogP contribution is -2.21. The highest BCUT2D eigenvalue weighted by molar-refractivity contribution is 6.70. The van der Waals surface area contributed by atoms with Gasteiger partial charge >= 0.3 is 0 Å². The van der Waals surface area contributed by atoms with E-state index in [-0.39, 0.29) is 8.80 Å². The first kappa shape index (κ1) is 8.33. The molecule has 0 aliphatic heterocycles. The standard InChI is InChI=1S/C9H13OSi/c1-10-8-5-4-6-9(7-8)11(2)3/h4-7H,1-3H3. The maximum atomic E-state index is 5.12. The molecule has 1 aromatic rings. The Morgan fingerprint density at radius 1 is 1.27 bits per heavy atom. The van der Waals surface area contributed by atoms with Crippen molar-refractivity contribution in [3.8, 4) is 5.75 Å². The minimum absolute atomic E-state index is 0.324. The second kappa shape index (κ2) is 3.58. The summed E-state index contributed by atoms with van der Waals surface area (Å²) in [7, 11) is 1.38. The fourth-order valence-corrected chi connectivity index (χ4v) is 1.79. The maximum Gasteiger partial charge on any atom is 0.118 e. The van der Waals surface area contributed by atoms with Crippen molar-refractivity contribution in [1.82, 2.24) is 0 Å². The first-order valence-electron chi connectivity index (χ1n) is 3.68. The van der Waals surface area contributed by atoms with Crippen molar-refractivity contribution in [3.63, 3.8) is 0 Å². The van der Waals surface area contributed by atoms with Gasteiger partial charge in [0.25, 0.3) is 0 Å². The van der Waals surface area contributed by atoms with E-state index in [0.29, 0.717) is 0 Å². The Balaban J connectivity index is 2.91. The number of benzene rings is 1. The number of hydrogen-bond acceptors (Lipinski definition) is 1. The van der Waals surface area contributed by atoms with Gasteiger partial charge in [-0.1, -0.05) is 30.4 Å². The number of rotatable bonds is 2. The Labute approximate surface area is 69.6 Å². The first-order chi connectivity index (χ1) is 5.24. The summed E-state index contributed by atoms with van der Waals surface area (Å²) >= 11 is 0. The van der Waals surface area contributed by atoms with Gasteiger partial charge in [-0.2, -0.15) is 0 Å². The smallest absolute Gasteiger partial charge is 0.118 e. The maximum absolute atomic E-state index is 5.12. The summed E-state index contributed by atoms with van der Waals surface area (Å²) in [5.74, 6) is 0.966. The molecule has 0 aliphatic rings. The Bertz CT molecular complexity index is 233. The molecule has 11 heavy (non-hydrogen) atoms. The van der Waals surface area contributed by atoms with Crippen LogP contribution in [0, 0.1) is 0 Å². The number of ether oxygens (including phenoxy) is 1. The molecular formula is C9H13OSi. The zero-order valence-electron chi connectivity index (χ0n) is 7.22. The molecule has 0 amide bonds. The molecule has 0 heterocycles. The highest BCUT2D eigenvalue weighted by Crippen LogP contribution is 2.05. The highest BCUT2D eigenvalue weighted by atomic mass is 28.3. The molecular weight excluding hydrogens is 152 g/mol. The first-order valence-corrected chi connectivity index (χ1v) is 6.18.